The molecule has 1 aromatic heterocycles. The molecule has 0 aliphatic heterocycles. The highest BCUT2D eigenvalue weighted by Gasteiger charge is 2.23. The van der Waals surface area contributed by atoms with Gasteiger partial charge >= 0.3 is 5.97 Å². The SMILES string of the molecule is Cc1c(C(=O)O)[nH]c2c1CCc1ccccc1-2. The molecule has 0 amide bonds. The highest BCUT2D eigenvalue weighted by atomic mass is 16.4. The van der Waals surface area contributed by atoms with Crippen LogP contribution in [0.2, 0.25) is 0 Å². The first-order valence-corrected chi connectivity index (χ1v) is 5.71. The summed E-state index contributed by atoms with van der Waals surface area (Å²) in [4.78, 5) is 14.2. The molecule has 0 unspecified atom stereocenters. The number of fused-ring (bicyclic) bond motifs is 3. The molecule has 3 nitrogen and oxygen atoms in total. The summed E-state index contributed by atoms with van der Waals surface area (Å²) in [7, 11) is 0. The number of carbonyl (C=O) groups is 1. The number of carboxylic acids is 1. The number of aromatic nitrogens is 1. The van der Waals surface area contributed by atoms with Gasteiger partial charge < -0.3 is 10.1 Å². The number of hydrogen-bond donors (Lipinski definition) is 2. The van der Waals surface area contributed by atoms with Gasteiger partial charge in [-0.3, -0.25) is 0 Å². The highest BCUT2D eigenvalue weighted by Crippen LogP contribution is 2.35. The zero-order chi connectivity index (χ0) is 12.0. The molecule has 0 saturated heterocycles. The van der Waals surface area contributed by atoms with Gasteiger partial charge in [-0.1, -0.05) is 24.3 Å². The third-order valence-electron chi connectivity index (χ3n) is 3.52. The molecule has 1 aliphatic carbocycles. The number of aryl methyl sites for hydroxylation is 1. The standard InChI is InChI=1S/C14H13NO2/c1-8-10-7-6-9-4-2-3-5-11(9)13(10)15-12(8)14(16)17/h2-5,15H,6-7H2,1H3,(H,16,17). The molecular formula is C14H13NO2. The van der Waals surface area contributed by atoms with E-state index in [9.17, 15) is 4.79 Å². The maximum Gasteiger partial charge on any atom is 0.352 e. The Bertz CT molecular complexity index is 611. The summed E-state index contributed by atoms with van der Waals surface area (Å²) in [5, 5.41) is 9.13. The second kappa shape index (κ2) is 3.48. The van der Waals surface area contributed by atoms with Crippen LogP contribution >= 0.6 is 0 Å². The molecule has 1 aromatic carbocycles. The highest BCUT2D eigenvalue weighted by molar-refractivity contribution is 5.90. The van der Waals surface area contributed by atoms with Gasteiger partial charge in [0, 0.05) is 11.3 Å². The number of H-pyrrole nitrogens is 1. The third-order valence-corrected chi connectivity index (χ3v) is 3.52. The van der Waals surface area contributed by atoms with Gasteiger partial charge in [0.1, 0.15) is 5.69 Å². The first-order valence-electron chi connectivity index (χ1n) is 5.71. The molecule has 0 atom stereocenters. The van der Waals surface area contributed by atoms with Gasteiger partial charge in [-0.15, -0.1) is 0 Å². The summed E-state index contributed by atoms with van der Waals surface area (Å²) in [5.41, 5.74) is 5.78. The van der Waals surface area contributed by atoms with Crippen molar-refractivity contribution >= 4 is 5.97 Å². The Balaban J connectivity index is 2.27. The molecule has 3 rings (SSSR count). The van der Waals surface area contributed by atoms with Gasteiger partial charge in [-0.05, 0) is 36.5 Å². The van der Waals surface area contributed by atoms with Gasteiger partial charge in [-0.25, -0.2) is 4.79 Å². The number of rotatable bonds is 1. The molecule has 1 aliphatic rings. The quantitative estimate of drug-likeness (QED) is 0.787. The van der Waals surface area contributed by atoms with E-state index in [1.165, 1.54) is 5.56 Å². The second-order valence-corrected chi connectivity index (χ2v) is 4.44. The van der Waals surface area contributed by atoms with E-state index in [0.717, 1.165) is 35.2 Å². The average Bonchev–Trinajstić information content (AvgIpc) is 2.67. The van der Waals surface area contributed by atoms with Crippen LogP contribution in [0, 0.1) is 6.92 Å². The average molecular weight is 227 g/mol. The van der Waals surface area contributed by atoms with E-state index in [1.807, 2.05) is 19.1 Å². The number of carboxylic acid groups (broad SMARTS) is 1. The van der Waals surface area contributed by atoms with Crippen molar-refractivity contribution in [3.63, 3.8) is 0 Å². The van der Waals surface area contributed by atoms with E-state index in [1.54, 1.807) is 0 Å². The minimum atomic E-state index is -0.880. The van der Waals surface area contributed by atoms with Crippen molar-refractivity contribution in [3.8, 4) is 11.3 Å². The molecule has 2 aromatic rings. The molecule has 86 valence electrons. The van der Waals surface area contributed by atoms with Crippen LogP contribution < -0.4 is 0 Å². The fourth-order valence-corrected chi connectivity index (χ4v) is 2.63. The number of benzene rings is 1. The van der Waals surface area contributed by atoms with Crippen molar-refractivity contribution < 1.29 is 9.90 Å². The summed E-state index contributed by atoms with van der Waals surface area (Å²) in [5.74, 6) is -0.880. The van der Waals surface area contributed by atoms with Crippen LogP contribution in [0.15, 0.2) is 24.3 Å². The first kappa shape index (κ1) is 10.1. The van der Waals surface area contributed by atoms with Crippen LogP contribution in [0.3, 0.4) is 0 Å². The summed E-state index contributed by atoms with van der Waals surface area (Å²) >= 11 is 0. The van der Waals surface area contributed by atoms with Crippen LogP contribution in [-0.4, -0.2) is 16.1 Å². The molecule has 17 heavy (non-hydrogen) atoms. The molecule has 2 N–H and O–H groups in total. The van der Waals surface area contributed by atoms with Gasteiger partial charge in [-0.2, -0.15) is 0 Å². The lowest BCUT2D eigenvalue weighted by Gasteiger charge is -2.16. The van der Waals surface area contributed by atoms with Crippen LogP contribution in [0.25, 0.3) is 11.3 Å². The molecule has 0 fully saturated rings. The van der Waals surface area contributed by atoms with E-state index in [-0.39, 0.29) is 0 Å². The van der Waals surface area contributed by atoms with Crippen molar-refractivity contribution in [3.05, 3.63) is 46.6 Å². The Labute approximate surface area is 99.1 Å². The van der Waals surface area contributed by atoms with E-state index >= 15 is 0 Å². The fourth-order valence-electron chi connectivity index (χ4n) is 2.63. The zero-order valence-corrected chi connectivity index (χ0v) is 9.58. The minimum absolute atomic E-state index is 0.326. The van der Waals surface area contributed by atoms with E-state index in [4.69, 9.17) is 5.11 Å². The lowest BCUT2D eigenvalue weighted by atomic mass is 9.89. The molecule has 0 spiro atoms. The maximum absolute atomic E-state index is 11.1. The summed E-state index contributed by atoms with van der Waals surface area (Å²) in [6.45, 7) is 1.88. The van der Waals surface area contributed by atoms with Crippen molar-refractivity contribution in [1.29, 1.82) is 0 Å². The topological polar surface area (TPSA) is 53.1 Å². The smallest absolute Gasteiger partial charge is 0.352 e. The Morgan fingerprint density at radius 3 is 2.82 bits per heavy atom. The Hall–Kier alpha value is -2.03. The molecule has 1 heterocycles. The maximum atomic E-state index is 11.1. The van der Waals surface area contributed by atoms with E-state index in [0.29, 0.717) is 5.69 Å². The minimum Gasteiger partial charge on any atom is -0.477 e. The van der Waals surface area contributed by atoms with Gasteiger partial charge in [0.2, 0.25) is 0 Å². The predicted octanol–water partition coefficient (Wildman–Crippen LogP) is 2.79. The van der Waals surface area contributed by atoms with Crippen molar-refractivity contribution in [2.75, 3.05) is 0 Å². The molecule has 0 bridgehead atoms. The van der Waals surface area contributed by atoms with Crippen LogP contribution in [-0.2, 0) is 12.8 Å². The van der Waals surface area contributed by atoms with Crippen LogP contribution in [0.4, 0.5) is 0 Å². The third kappa shape index (κ3) is 1.39. The lowest BCUT2D eigenvalue weighted by Crippen LogP contribution is -2.02. The van der Waals surface area contributed by atoms with Crippen LogP contribution in [0.5, 0.6) is 0 Å². The largest absolute Gasteiger partial charge is 0.477 e. The number of nitrogens with one attached hydrogen (secondary N) is 1. The number of hydrogen-bond acceptors (Lipinski definition) is 1. The lowest BCUT2D eigenvalue weighted by molar-refractivity contribution is 0.0690. The summed E-state index contributed by atoms with van der Waals surface area (Å²) in [6.07, 6.45) is 1.91. The monoisotopic (exact) mass is 227 g/mol. The molecule has 3 heteroatoms. The van der Waals surface area contributed by atoms with Crippen molar-refractivity contribution in [2.45, 2.75) is 19.8 Å². The number of aromatic carboxylic acids is 1. The van der Waals surface area contributed by atoms with Crippen molar-refractivity contribution in [1.82, 2.24) is 4.98 Å². The van der Waals surface area contributed by atoms with E-state index < -0.39 is 5.97 Å². The van der Waals surface area contributed by atoms with Crippen LogP contribution in [0.1, 0.15) is 27.2 Å². The molecule has 0 saturated carbocycles. The van der Waals surface area contributed by atoms with Gasteiger partial charge in [0.05, 0.1) is 0 Å². The van der Waals surface area contributed by atoms with Gasteiger partial charge in [0.25, 0.3) is 0 Å². The van der Waals surface area contributed by atoms with Crippen molar-refractivity contribution in [2.24, 2.45) is 0 Å². The first-order chi connectivity index (χ1) is 8.18. The Morgan fingerprint density at radius 2 is 2.06 bits per heavy atom. The Morgan fingerprint density at radius 1 is 1.29 bits per heavy atom. The normalized spacial score (nSPS) is 13.0. The number of aromatic amines is 1. The molecular weight excluding hydrogens is 214 g/mol. The van der Waals surface area contributed by atoms with E-state index in [2.05, 4.69) is 17.1 Å². The second-order valence-electron chi connectivity index (χ2n) is 4.44. The summed E-state index contributed by atoms with van der Waals surface area (Å²) < 4.78 is 0. The fraction of sp³-hybridized carbons (Fsp3) is 0.214. The predicted molar refractivity (Wildman–Crippen MR) is 65.3 cm³/mol. The van der Waals surface area contributed by atoms with Gasteiger partial charge in [0.15, 0.2) is 0 Å². The molecule has 0 radical (unpaired) electrons. The zero-order valence-electron chi connectivity index (χ0n) is 9.58. The Kier molecular flexibility index (Phi) is 2.08. The summed E-state index contributed by atoms with van der Waals surface area (Å²) in [6, 6.07) is 8.17.